The Hall–Kier alpha value is -1.34. The fraction of sp³-hybridized carbons (Fsp3) is 0.875. The van der Waals surface area contributed by atoms with Crippen molar-refractivity contribution < 1.29 is 24.5 Å². The number of ether oxygens (including phenoxy) is 1. The Morgan fingerprint density at radius 3 is 2.13 bits per heavy atom. The van der Waals surface area contributed by atoms with Crippen LogP contribution in [0.15, 0.2) is 0 Å². The van der Waals surface area contributed by atoms with Crippen LogP contribution < -0.4 is 0 Å². The number of hydrogen-bond acceptors (Lipinski definition) is 5. The number of carbonyl (C=O) groups is 2. The molecule has 0 radical (unpaired) electrons. The van der Waals surface area contributed by atoms with Crippen molar-refractivity contribution in [3.8, 4) is 0 Å². The summed E-state index contributed by atoms with van der Waals surface area (Å²) in [5.74, 6) is -0.869. The summed E-state index contributed by atoms with van der Waals surface area (Å²) in [5, 5.41) is 19.3. The smallest absolute Gasteiger partial charge is 0.410 e. The molecule has 0 aliphatic carbocycles. The Morgan fingerprint density at radius 2 is 1.70 bits per heavy atom. The third-order valence-corrected chi connectivity index (χ3v) is 4.61. The Kier molecular flexibility index (Phi) is 4.65. The molecule has 2 fully saturated rings. The van der Waals surface area contributed by atoms with E-state index in [9.17, 15) is 19.8 Å². The average molecular weight is 328 g/mol. The van der Waals surface area contributed by atoms with Gasteiger partial charge in [-0.3, -0.25) is 9.69 Å². The molecule has 23 heavy (non-hydrogen) atoms. The highest BCUT2D eigenvalue weighted by Gasteiger charge is 2.52. The van der Waals surface area contributed by atoms with Gasteiger partial charge in [0.1, 0.15) is 5.60 Å². The van der Waals surface area contributed by atoms with E-state index in [2.05, 4.69) is 4.90 Å². The molecule has 2 heterocycles. The zero-order chi connectivity index (χ0) is 17.5. The molecule has 7 nitrogen and oxygen atoms in total. The zero-order valence-electron chi connectivity index (χ0n) is 14.5. The quantitative estimate of drug-likeness (QED) is 0.811. The van der Waals surface area contributed by atoms with Gasteiger partial charge in [0.2, 0.25) is 0 Å². The van der Waals surface area contributed by atoms with Gasteiger partial charge < -0.3 is 19.8 Å². The Morgan fingerprint density at radius 1 is 1.17 bits per heavy atom. The molecule has 0 aromatic heterocycles. The number of amides is 1. The number of carboxylic acid groups (broad SMARTS) is 1. The minimum atomic E-state index is -0.869. The minimum absolute atomic E-state index is 0.00552. The van der Waals surface area contributed by atoms with Crippen LogP contribution in [0.5, 0.6) is 0 Å². The second kappa shape index (κ2) is 5.94. The van der Waals surface area contributed by atoms with E-state index in [1.165, 1.54) is 0 Å². The number of nitrogens with zero attached hydrogens (tertiary/aromatic N) is 2. The lowest BCUT2D eigenvalue weighted by atomic mass is 9.81. The van der Waals surface area contributed by atoms with Crippen molar-refractivity contribution in [2.24, 2.45) is 0 Å². The first-order valence-corrected chi connectivity index (χ1v) is 8.10. The van der Waals surface area contributed by atoms with Crippen molar-refractivity contribution in [2.45, 2.75) is 63.7 Å². The molecule has 2 rings (SSSR count). The van der Waals surface area contributed by atoms with E-state index in [-0.39, 0.29) is 6.42 Å². The molecule has 2 N–H and O–H groups in total. The standard InChI is InChI=1S/C16H28N2O5/c1-14(2,3)23-13(21)17-10-16(11-17,9-12(19)20)18-7-5-15(4,22)6-8-18/h22H,5-11H2,1-4H3,(H,19,20). The van der Waals surface area contributed by atoms with E-state index in [4.69, 9.17) is 4.74 Å². The summed E-state index contributed by atoms with van der Waals surface area (Å²) in [7, 11) is 0. The fourth-order valence-corrected chi connectivity index (χ4v) is 3.29. The average Bonchev–Trinajstić information content (AvgIpc) is 2.30. The van der Waals surface area contributed by atoms with Gasteiger partial charge in [0.25, 0.3) is 0 Å². The van der Waals surface area contributed by atoms with Gasteiger partial charge in [-0.2, -0.15) is 0 Å². The number of aliphatic carboxylic acids is 1. The number of aliphatic hydroxyl groups is 1. The van der Waals surface area contributed by atoms with E-state index < -0.39 is 28.8 Å². The molecule has 2 saturated heterocycles. The Labute approximate surface area is 137 Å². The molecule has 2 aliphatic heterocycles. The highest BCUT2D eigenvalue weighted by atomic mass is 16.6. The SMILES string of the molecule is CC1(O)CCN(C2(CC(=O)O)CN(C(=O)OC(C)(C)C)C2)CC1. The summed E-state index contributed by atoms with van der Waals surface area (Å²) in [4.78, 5) is 27.0. The highest BCUT2D eigenvalue weighted by molar-refractivity contribution is 5.73. The molecular weight excluding hydrogens is 300 g/mol. The molecule has 0 spiro atoms. The van der Waals surface area contributed by atoms with Crippen molar-refractivity contribution in [3.63, 3.8) is 0 Å². The monoisotopic (exact) mass is 328 g/mol. The Balaban J connectivity index is 2.01. The zero-order valence-corrected chi connectivity index (χ0v) is 14.5. The van der Waals surface area contributed by atoms with E-state index in [1.807, 2.05) is 27.7 Å². The number of piperidine rings is 1. The first kappa shape index (κ1) is 18.0. The molecule has 0 aromatic carbocycles. The predicted molar refractivity (Wildman–Crippen MR) is 84.2 cm³/mol. The lowest BCUT2D eigenvalue weighted by Gasteiger charge is -2.57. The number of carbonyl (C=O) groups excluding carboxylic acids is 1. The van der Waals surface area contributed by atoms with Gasteiger partial charge >= 0.3 is 12.1 Å². The van der Waals surface area contributed by atoms with Crippen LogP contribution in [0.4, 0.5) is 4.79 Å². The van der Waals surface area contributed by atoms with Crippen LogP contribution in [0, 0.1) is 0 Å². The van der Waals surface area contributed by atoms with Gasteiger partial charge in [-0.25, -0.2) is 4.79 Å². The molecule has 0 unspecified atom stereocenters. The van der Waals surface area contributed by atoms with Crippen LogP contribution in [0.25, 0.3) is 0 Å². The summed E-state index contributed by atoms with van der Waals surface area (Å²) < 4.78 is 5.34. The minimum Gasteiger partial charge on any atom is -0.481 e. The van der Waals surface area contributed by atoms with E-state index in [1.54, 1.807) is 4.90 Å². The van der Waals surface area contributed by atoms with Crippen LogP contribution in [-0.4, -0.2) is 75.0 Å². The lowest BCUT2D eigenvalue weighted by Crippen LogP contribution is -2.73. The largest absolute Gasteiger partial charge is 0.481 e. The van der Waals surface area contributed by atoms with Crippen LogP contribution >= 0.6 is 0 Å². The number of carboxylic acids is 1. The van der Waals surface area contributed by atoms with Crippen LogP contribution in [-0.2, 0) is 9.53 Å². The maximum Gasteiger partial charge on any atom is 0.410 e. The maximum atomic E-state index is 12.1. The molecule has 0 aromatic rings. The number of rotatable bonds is 3. The summed E-state index contributed by atoms with van der Waals surface area (Å²) >= 11 is 0. The molecular formula is C16H28N2O5. The van der Waals surface area contributed by atoms with Gasteiger partial charge in [-0.05, 0) is 40.5 Å². The van der Waals surface area contributed by atoms with Crippen molar-refractivity contribution in [1.29, 1.82) is 0 Å². The third kappa shape index (κ3) is 4.35. The van der Waals surface area contributed by atoms with Gasteiger partial charge in [-0.15, -0.1) is 0 Å². The normalized spacial score (nSPS) is 24.0. The predicted octanol–water partition coefficient (Wildman–Crippen LogP) is 1.30. The van der Waals surface area contributed by atoms with Crippen LogP contribution in [0.1, 0.15) is 47.0 Å². The van der Waals surface area contributed by atoms with Crippen molar-refractivity contribution >= 4 is 12.1 Å². The molecule has 2 aliphatic rings. The maximum absolute atomic E-state index is 12.1. The van der Waals surface area contributed by atoms with E-state index >= 15 is 0 Å². The van der Waals surface area contributed by atoms with Crippen LogP contribution in [0.3, 0.4) is 0 Å². The second-order valence-electron chi connectivity index (χ2n) is 8.12. The number of likely N-dealkylation sites (tertiary alicyclic amines) is 2. The molecule has 0 saturated carbocycles. The van der Waals surface area contributed by atoms with Gasteiger partial charge in [0, 0.05) is 26.2 Å². The summed E-state index contributed by atoms with van der Waals surface area (Å²) in [5.41, 5.74) is -1.79. The first-order chi connectivity index (χ1) is 10.4. The first-order valence-electron chi connectivity index (χ1n) is 8.10. The van der Waals surface area contributed by atoms with E-state index in [0.29, 0.717) is 39.0 Å². The van der Waals surface area contributed by atoms with Gasteiger partial charge in [-0.1, -0.05) is 0 Å². The van der Waals surface area contributed by atoms with Gasteiger partial charge in [0.15, 0.2) is 0 Å². The topological polar surface area (TPSA) is 90.3 Å². The van der Waals surface area contributed by atoms with Crippen molar-refractivity contribution in [1.82, 2.24) is 9.80 Å². The number of hydrogen-bond donors (Lipinski definition) is 2. The van der Waals surface area contributed by atoms with Crippen molar-refractivity contribution in [2.75, 3.05) is 26.2 Å². The Bertz CT molecular complexity index is 467. The third-order valence-electron chi connectivity index (χ3n) is 4.61. The van der Waals surface area contributed by atoms with Crippen LogP contribution in [0.2, 0.25) is 0 Å². The molecule has 0 atom stereocenters. The van der Waals surface area contributed by atoms with Gasteiger partial charge in [0.05, 0.1) is 17.6 Å². The second-order valence-corrected chi connectivity index (χ2v) is 8.12. The summed E-state index contributed by atoms with van der Waals surface area (Å²) in [6, 6.07) is 0. The fourth-order valence-electron chi connectivity index (χ4n) is 3.29. The summed E-state index contributed by atoms with van der Waals surface area (Å²) in [6.07, 6.45) is 0.818. The van der Waals surface area contributed by atoms with E-state index in [0.717, 1.165) is 0 Å². The molecule has 0 bridgehead atoms. The van der Waals surface area contributed by atoms with Crippen molar-refractivity contribution in [3.05, 3.63) is 0 Å². The molecule has 132 valence electrons. The summed E-state index contributed by atoms with van der Waals surface area (Å²) in [6.45, 7) is 9.23. The molecule has 1 amide bonds. The molecule has 7 heteroatoms. The lowest BCUT2D eigenvalue weighted by molar-refractivity contribution is -0.149. The highest BCUT2D eigenvalue weighted by Crippen LogP contribution is 2.36.